The molecule has 0 radical (unpaired) electrons. The number of aryl methyl sites for hydroxylation is 1. The van der Waals surface area contributed by atoms with Gasteiger partial charge < -0.3 is 24.4 Å². The number of halogens is 2. The number of urea groups is 1. The van der Waals surface area contributed by atoms with E-state index >= 15 is 0 Å². The van der Waals surface area contributed by atoms with E-state index in [1.165, 1.54) is 6.07 Å². The second-order valence-electron chi connectivity index (χ2n) is 8.72. The van der Waals surface area contributed by atoms with Crippen LogP contribution in [0.1, 0.15) is 37.9 Å². The summed E-state index contributed by atoms with van der Waals surface area (Å²) in [5.41, 5.74) is 1.98. The zero-order chi connectivity index (χ0) is 26.4. The van der Waals surface area contributed by atoms with Crippen LogP contribution in [0.2, 0.25) is 0 Å². The minimum absolute atomic E-state index is 0.0665. The third-order valence-electron chi connectivity index (χ3n) is 6.18. The standard InChI is InChI=1S/C27H32F2N4O4/c1-4-24-22(17-32(27(34)30-5-2)16-21-7-6-14-36-21)26(37-25-13-8-18(28)15-23(25)29)33(31-24)19-9-11-20(35-3)12-10-19/h8-13,15,21H,4-7,14,16-17H2,1-3H3,(H,30,34)/t21-/m0/s1. The van der Waals surface area contributed by atoms with Crippen molar-refractivity contribution in [2.45, 2.75) is 45.8 Å². The fourth-order valence-corrected chi connectivity index (χ4v) is 4.29. The molecule has 3 aromatic rings. The number of hydrogen-bond donors (Lipinski definition) is 1. The highest BCUT2D eigenvalue weighted by Crippen LogP contribution is 2.34. The summed E-state index contributed by atoms with van der Waals surface area (Å²) in [6, 6.07) is 10.1. The molecule has 1 saturated heterocycles. The zero-order valence-electron chi connectivity index (χ0n) is 21.3. The van der Waals surface area contributed by atoms with Gasteiger partial charge >= 0.3 is 6.03 Å². The second-order valence-corrected chi connectivity index (χ2v) is 8.72. The van der Waals surface area contributed by atoms with Crippen LogP contribution in [-0.4, -0.2) is 53.6 Å². The lowest BCUT2D eigenvalue weighted by Crippen LogP contribution is -2.43. The predicted molar refractivity (Wildman–Crippen MR) is 134 cm³/mol. The molecule has 0 unspecified atom stereocenters. The van der Waals surface area contributed by atoms with E-state index in [2.05, 4.69) is 5.32 Å². The number of carbonyl (C=O) groups is 1. The molecule has 0 spiro atoms. The van der Waals surface area contributed by atoms with Crippen LogP contribution in [0.25, 0.3) is 5.69 Å². The fourth-order valence-electron chi connectivity index (χ4n) is 4.29. The van der Waals surface area contributed by atoms with Gasteiger partial charge in [-0.3, -0.25) is 0 Å². The van der Waals surface area contributed by atoms with Crippen LogP contribution in [0, 0.1) is 11.6 Å². The van der Waals surface area contributed by atoms with Gasteiger partial charge in [0.05, 0.1) is 36.7 Å². The van der Waals surface area contributed by atoms with Crippen molar-refractivity contribution in [1.82, 2.24) is 20.0 Å². The van der Waals surface area contributed by atoms with Crippen LogP contribution in [0.3, 0.4) is 0 Å². The first-order valence-corrected chi connectivity index (χ1v) is 12.5. The average Bonchev–Trinajstić information content (AvgIpc) is 3.53. The Balaban J connectivity index is 1.78. The van der Waals surface area contributed by atoms with Gasteiger partial charge in [-0.15, -0.1) is 0 Å². The van der Waals surface area contributed by atoms with E-state index in [9.17, 15) is 13.6 Å². The van der Waals surface area contributed by atoms with Gasteiger partial charge in [0, 0.05) is 25.8 Å². The summed E-state index contributed by atoms with van der Waals surface area (Å²) in [6.07, 6.45) is 2.29. The molecular formula is C27H32F2N4O4. The molecule has 10 heteroatoms. The van der Waals surface area contributed by atoms with Crippen LogP contribution < -0.4 is 14.8 Å². The molecule has 2 aromatic carbocycles. The molecule has 198 valence electrons. The lowest BCUT2D eigenvalue weighted by Gasteiger charge is -2.26. The van der Waals surface area contributed by atoms with Gasteiger partial charge in [-0.2, -0.15) is 5.10 Å². The molecule has 0 bridgehead atoms. The smallest absolute Gasteiger partial charge is 0.317 e. The van der Waals surface area contributed by atoms with Crippen LogP contribution >= 0.6 is 0 Å². The Morgan fingerprint density at radius 1 is 1.22 bits per heavy atom. The van der Waals surface area contributed by atoms with Gasteiger partial charge in [0.1, 0.15) is 11.6 Å². The Hall–Kier alpha value is -3.66. The number of benzene rings is 2. The molecule has 37 heavy (non-hydrogen) atoms. The Labute approximate surface area is 215 Å². The largest absolute Gasteiger partial charge is 0.497 e. The first-order valence-electron chi connectivity index (χ1n) is 12.5. The summed E-state index contributed by atoms with van der Waals surface area (Å²) < 4.78 is 46.9. The lowest BCUT2D eigenvalue weighted by molar-refractivity contribution is 0.0793. The number of rotatable bonds is 10. The van der Waals surface area contributed by atoms with E-state index < -0.39 is 11.6 Å². The molecule has 4 rings (SSSR count). The number of methoxy groups -OCH3 is 1. The molecule has 1 N–H and O–H groups in total. The molecular weight excluding hydrogens is 482 g/mol. The maximum Gasteiger partial charge on any atom is 0.317 e. The normalized spacial score (nSPS) is 15.0. The van der Waals surface area contributed by atoms with Gasteiger partial charge in [0.15, 0.2) is 11.6 Å². The van der Waals surface area contributed by atoms with Crippen molar-refractivity contribution in [2.24, 2.45) is 0 Å². The Morgan fingerprint density at radius 3 is 2.62 bits per heavy atom. The van der Waals surface area contributed by atoms with Crippen molar-refractivity contribution in [3.63, 3.8) is 0 Å². The van der Waals surface area contributed by atoms with Crippen LogP contribution in [0.4, 0.5) is 13.6 Å². The summed E-state index contributed by atoms with van der Waals surface area (Å²) in [7, 11) is 1.58. The van der Waals surface area contributed by atoms with Gasteiger partial charge in [-0.1, -0.05) is 6.92 Å². The number of nitrogens with one attached hydrogen (secondary N) is 1. The summed E-state index contributed by atoms with van der Waals surface area (Å²) >= 11 is 0. The van der Waals surface area contributed by atoms with Crippen molar-refractivity contribution in [3.05, 3.63) is 65.4 Å². The van der Waals surface area contributed by atoms with Crippen LogP contribution in [0.15, 0.2) is 42.5 Å². The highest BCUT2D eigenvalue weighted by Gasteiger charge is 2.28. The number of hydrogen-bond acceptors (Lipinski definition) is 5. The van der Waals surface area contributed by atoms with Gasteiger partial charge in [0.2, 0.25) is 5.88 Å². The summed E-state index contributed by atoms with van der Waals surface area (Å²) in [6.45, 7) is 5.50. The minimum atomic E-state index is -0.841. The monoisotopic (exact) mass is 514 g/mol. The Morgan fingerprint density at radius 2 is 2.00 bits per heavy atom. The van der Waals surface area contributed by atoms with E-state index in [4.69, 9.17) is 19.3 Å². The van der Waals surface area contributed by atoms with E-state index in [0.29, 0.717) is 48.8 Å². The second kappa shape index (κ2) is 12.1. The van der Waals surface area contributed by atoms with Crippen LogP contribution in [-0.2, 0) is 17.7 Å². The lowest BCUT2D eigenvalue weighted by atomic mass is 10.1. The number of nitrogens with zero attached hydrogens (tertiary/aromatic N) is 3. The highest BCUT2D eigenvalue weighted by atomic mass is 19.1. The minimum Gasteiger partial charge on any atom is -0.497 e. The maximum absolute atomic E-state index is 14.6. The molecule has 1 aromatic heterocycles. The first-order chi connectivity index (χ1) is 17.9. The fraction of sp³-hybridized carbons (Fsp3) is 0.407. The molecule has 2 heterocycles. The molecule has 1 aliphatic rings. The van der Waals surface area contributed by atoms with E-state index in [1.807, 2.05) is 13.8 Å². The topological polar surface area (TPSA) is 77.9 Å². The average molecular weight is 515 g/mol. The molecule has 0 saturated carbocycles. The SMILES string of the molecule is CCNC(=O)N(Cc1c(CC)nn(-c2ccc(OC)cc2)c1Oc1ccc(F)cc1F)C[C@@H]1CCCO1. The van der Waals surface area contributed by atoms with Crippen molar-refractivity contribution < 1.29 is 27.8 Å². The number of carbonyl (C=O) groups excluding carboxylic acids is 1. The van der Waals surface area contributed by atoms with Crippen molar-refractivity contribution in [3.8, 4) is 23.1 Å². The number of amides is 2. The van der Waals surface area contributed by atoms with Gasteiger partial charge in [-0.05, 0) is 62.6 Å². The molecule has 8 nitrogen and oxygen atoms in total. The summed E-state index contributed by atoms with van der Waals surface area (Å²) in [5, 5.41) is 7.61. The van der Waals surface area contributed by atoms with Crippen molar-refractivity contribution in [1.29, 1.82) is 0 Å². The molecule has 1 atom stereocenters. The molecule has 2 amide bonds. The Bertz CT molecular complexity index is 1210. The summed E-state index contributed by atoms with van der Waals surface area (Å²) in [4.78, 5) is 14.7. The van der Waals surface area contributed by atoms with Crippen molar-refractivity contribution >= 4 is 6.03 Å². The van der Waals surface area contributed by atoms with Gasteiger partial charge in [-0.25, -0.2) is 18.3 Å². The van der Waals surface area contributed by atoms with Crippen LogP contribution in [0.5, 0.6) is 17.4 Å². The van der Waals surface area contributed by atoms with Crippen molar-refractivity contribution in [2.75, 3.05) is 26.8 Å². The van der Waals surface area contributed by atoms with E-state index in [1.54, 1.807) is 41.0 Å². The molecule has 1 aliphatic heterocycles. The summed E-state index contributed by atoms with van der Waals surface area (Å²) in [5.74, 6) is -0.788. The molecule has 0 aliphatic carbocycles. The third kappa shape index (κ3) is 6.19. The quantitative estimate of drug-likeness (QED) is 0.401. The number of aromatic nitrogens is 2. The highest BCUT2D eigenvalue weighted by molar-refractivity contribution is 5.74. The Kier molecular flexibility index (Phi) is 8.60. The number of ether oxygens (including phenoxy) is 3. The van der Waals surface area contributed by atoms with E-state index in [-0.39, 0.29) is 30.3 Å². The molecule has 1 fully saturated rings. The van der Waals surface area contributed by atoms with E-state index in [0.717, 1.165) is 25.0 Å². The predicted octanol–water partition coefficient (Wildman–Crippen LogP) is 5.22. The third-order valence-corrected chi connectivity index (χ3v) is 6.18. The maximum atomic E-state index is 14.6. The van der Waals surface area contributed by atoms with Gasteiger partial charge in [0.25, 0.3) is 0 Å². The zero-order valence-corrected chi connectivity index (χ0v) is 21.3. The first kappa shape index (κ1) is 26.4.